The second-order valence-corrected chi connectivity index (χ2v) is 4.89. The summed E-state index contributed by atoms with van der Waals surface area (Å²) in [5.41, 5.74) is 11.2. The van der Waals surface area contributed by atoms with Crippen LogP contribution in [0.1, 0.15) is 17.0 Å². The largest absolute Gasteiger partial charge is 0.399 e. The van der Waals surface area contributed by atoms with Crippen molar-refractivity contribution in [2.45, 2.75) is 19.8 Å². The SMILES string of the molecule is Cc1ccccc1CCc1nc2ccc(N)cc2[nH]1. The first-order chi connectivity index (χ1) is 9.22. The maximum Gasteiger partial charge on any atom is 0.107 e. The minimum Gasteiger partial charge on any atom is -0.399 e. The molecule has 3 aromatic rings. The number of anilines is 1. The molecule has 0 atom stereocenters. The number of hydrogen-bond donors (Lipinski definition) is 2. The van der Waals surface area contributed by atoms with Crippen LogP contribution < -0.4 is 5.73 Å². The van der Waals surface area contributed by atoms with Crippen molar-refractivity contribution in [1.29, 1.82) is 0 Å². The summed E-state index contributed by atoms with van der Waals surface area (Å²) in [5.74, 6) is 1.02. The molecule has 1 heterocycles. The Morgan fingerprint density at radius 2 is 1.95 bits per heavy atom. The highest BCUT2D eigenvalue weighted by Crippen LogP contribution is 2.16. The predicted molar refractivity (Wildman–Crippen MR) is 79.1 cm³/mol. The Kier molecular flexibility index (Phi) is 2.95. The number of aryl methyl sites for hydroxylation is 3. The third kappa shape index (κ3) is 2.45. The maximum absolute atomic E-state index is 5.77. The van der Waals surface area contributed by atoms with Crippen LogP contribution in [0.5, 0.6) is 0 Å². The lowest BCUT2D eigenvalue weighted by Crippen LogP contribution is -1.95. The Morgan fingerprint density at radius 3 is 2.79 bits per heavy atom. The van der Waals surface area contributed by atoms with Crippen LogP contribution in [0.4, 0.5) is 5.69 Å². The number of nitrogens with zero attached hydrogens (tertiary/aromatic N) is 1. The zero-order valence-electron chi connectivity index (χ0n) is 11.0. The molecule has 0 unspecified atom stereocenters. The molecule has 3 N–H and O–H groups in total. The van der Waals surface area contributed by atoms with E-state index in [4.69, 9.17) is 5.73 Å². The number of imidazole rings is 1. The van der Waals surface area contributed by atoms with Crippen LogP contribution >= 0.6 is 0 Å². The Hall–Kier alpha value is -2.29. The van der Waals surface area contributed by atoms with E-state index in [1.807, 2.05) is 18.2 Å². The molecular formula is C16H17N3. The van der Waals surface area contributed by atoms with E-state index < -0.39 is 0 Å². The summed E-state index contributed by atoms with van der Waals surface area (Å²) in [6, 6.07) is 14.3. The van der Waals surface area contributed by atoms with Gasteiger partial charge in [0.05, 0.1) is 11.0 Å². The summed E-state index contributed by atoms with van der Waals surface area (Å²) in [7, 11) is 0. The fraction of sp³-hybridized carbons (Fsp3) is 0.188. The van der Waals surface area contributed by atoms with E-state index in [-0.39, 0.29) is 0 Å². The van der Waals surface area contributed by atoms with Gasteiger partial charge in [-0.15, -0.1) is 0 Å². The number of rotatable bonds is 3. The van der Waals surface area contributed by atoms with Crippen LogP contribution in [0, 0.1) is 6.92 Å². The summed E-state index contributed by atoms with van der Waals surface area (Å²) in [6.45, 7) is 2.15. The van der Waals surface area contributed by atoms with Crippen LogP contribution in [0.25, 0.3) is 11.0 Å². The summed E-state index contributed by atoms with van der Waals surface area (Å²) in [5, 5.41) is 0. The molecule has 0 fully saturated rings. The minimum absolute atomic E-state index is 0.765. The fourth-order valence-electron chi connectivity index (χ4n) is 2.34. The molecule has 0 amide bonds. The van der Waals surface area contributed by atoms with Gasteiger partial charge in [-0.25, -0.2) is 4.98 Å². The molecule has 0 aliphatic carbocycles. The van der Waals surface area contributed by atoms with E-state index in [2.05, 4.69) is 41.2 Å². The molecule has 1 aromatic heterocycles. The lowest BCUT2D eigenvalue weighted by atomic mass is 10.0. The van der Waals surface area contributed by atoms with E-state index in [9.17, 15) is 0 Å². The smallest absolute Gasteiger partial charge is 0.107 e. The van der Waals surface area contributed by atoms with Gasteiger partial charge >= 0.3 is 0 Å². The monoisotopic (exact) mass is 251 g/mol. The second-order valence-electron chi connectivity index (χ2n) is 4.89. The zero-order valence-corrected chi connectivity index (χ0v) is 11.0. The van der Waals surface area contributed by atoms with Gasteiger partial charge in [0.2, 0.25) is 0 Å². The highest BCUT2D eigenvalue weighted by molar-refractivity contribution is 5.78. The van der Waals surface area contributed by atoms with Crippen molar-refractivity contribution in [1.82, 2.24) is 9.97 Å². The van der Waals surface area contributed by atoms with Crippen molar-refractivity contribution in [2.24, 2.45) is 0 Å². The zero-order chi connectivity index (χ0) is 13.2. The Labute approximate surface area is 112 Å². The van der Waals surface area contributed by atoms with Gasteiger partial charge in [0.25, 0.3) is 0 Å². The third-order valence-corrected chi connectivity index (χ3v) is 3.45. The number of fused-ring (bicyclic) bond motifs is 1. The van der Waals surface area contributed by atoms with Crippen molar-refractivity contribution in [3.05, 3.63) is 59.4 Å². The number of H-pyrrole nitrogens is 1. The molecule has 19 heavy (non-hydrogen) atoms. The first kappa shape index (κ1) is 11.8. The van der Waals surface area contributed by atoms with Crippen LogP contribution in [-0.2, 0) is 12.8 Å². The first-order valence-electron chi connectivity index (χ1n) is 6.51. The molecule has 0 radical (unpaired) electrons. The Balaban J connectivity index is 1.80. The normalized spacial score (nSPS) is 11.0. The number of nitrogens with one attached hydrogen (secondary N) is 1. The van der Waals surface area contributed by atoms with E-state index in [1.54, 1.807) is 0 Å². The Morgan fingerprint density at radius 1 is 1.11 bits per heavy atom. The van der Waals surface area contributed by atoms with Crippen molar-refractivity contribution >= 4 is 16.7 Å². The van der Waals surface area contributed by atoms with Crippen LogP contribution in [0.2, 0.25) is 0 Å². The van der Waals surface area contributed by atoms with E-state index >= 15 is 0 Å². The number of aromatic nitrogens is 2. The number of aromatic amines is 1. The van der Waals surface area contributed by atoms with Crippen LogP contribution in [0.3, 0.4) is 0 Å². The lowest BCUT2D eigenvalue weighted by molar-refractivity contribution is 0.884. The predicted octanol–water partition coefficient (Wildman–Crippen LogP) is 3.24. The number of nitrogen functional groups attached to an aromatic ring is 1. The molecule has 0 saturated carbocycles. The molecular weight excluding hydrogens is 234 g/mol. The molecule has 0 aliphatic heterocycles. The Bertz CT molecular complexity index is 713. The summed E-state index contributed by atoms with van der Waals surface area (Å²) in [6.07, 6.45) is 1.92. The topological polar surface area (TPSA) is 54.7 Å². The highest BCUT2D eigenvalue weighted by atomic mass is 14.9. The molecule has 3 rings (SSSR count). The highest BCUT2D eigenvalue weighted by Gasteiger charge is 2.04. The summed E-state index contributed by atoms with van der Waals surface area (Å²) >= 11 is 0. The molecule has 96 valence electrons. The maximum atomic E-state index is 5.77. The second kappa shape index (κ2) is 4.76. The van der Waals surface area contributed by atoms with Gasteiger partial charge < -0.3 is 10.7 Å². The van der Waals surface area contributed by atoms with Crippen LogP contribution in [0.15, 0.2) is 42.5 Å². The van der Waals surface area contributed by atoms with Crippen molar-refractivity contribution in [3.63, 3.8) is 0 Å². The third-order valence-electron chi connectivity index (χ3n) is 3.45. The number of nitrogens with two attached hydrogens (primary N) is 1. The van der Waals surface area contributed by atoms with Gasteiger partial charge in [0.1, 0.15) is 5.82 Å². The molecule has 0 saturated heterocycles. The summed E-state index contributed by atoms with van der Waals surface area (Å²) in [4.78, 5) is 7.92. The van der Waals surface area contributed by atoms with Crippen molar-refractivity contribution < 1.29 is 0 Å². The average Bonchev–Trinajstić information content (AvgIpc) is 2.79. The number of hydrogen-bond acceptors (Lipinski definition) is 2. The van der Waals surface area contributed by atoms with Gasteiger partial charge in [-0.3, -0.25) is 0 Å². The molecule has 0 aliphatic rings. The molecule has 0 bridgehead atoms. The molecule has 3 heteroatoms. The average molecular weight is 251 g/mol. The van der Waals surface area contributed by atoms with Gasteiger partial charge in [-0.1, -0.05) is 24.3 Å². The molecule has 3 nitrogen and oxygen atoms in total. The van der Waals surface area contributed by atoms with Gasteiger partial charge in [0.15, 0.2) is 0 Å². The van der Waals surface area contributed by atoms with Crippen LogP contribution in [-0.4, -0.2) is 9.97 Å². The minimum atomic E-state index is 0.765. The van der Waals surface area contributed by atoms with Gasteiger partial charge in [0, 0.05) is 12.1 Å². The van der Waals surface area contributed by atoms with Gasteiger partial charge in [-0.05, 0) is 42.7 Å². The van der Waals surface area contributed by atoms with Crippen molar-refractivity contribution in [2.75, 3.05) is 5.73 Å². The quantitative estimate of drug-likeness (QED) is 0.702. The lowest BCUT2D eigenvalue weighted by Gasteiger charge is -2.03. The molecule has 0 spiro atoms. The fourth-order valence-corrected chi connectivity index (χ4v) is 2.34. The van der Waals surface area contributed by atoms with E-state index in [0.717, 1.165) is 35.4 Å². The standard InChI is InChI=1S/C16H17N3/c1-11-4-2-3-5-12(11)6-9-16-18-14-8-7-13(17)10-15(14)19-16/h2-5,7-8,10H,6,9,17H2,1H3,(H,18,19). The van der Waals surface area contributed by atoms with Gasteiger partial charge in [-0.2, -0.15) is 0 Å². The number of benzene rings is 2. The van der Waals surface area contributed by atoms with E-state index in [0.29, 0.717) is 0 Å². The first-order valence-corrected chi connectivity index (χ1v) is 6.51. The van der Waals surface area contributed by atoms with Crippen molar-refractivity contribution in [3.8, 4) is 0 Å². The van der Waals surface area contributed by atoms with E-state index in [1.165, 1.54) is 11.1 Å². The summed E-state index contributed by atoms with van der Waals surface area (Å²) < 4.78 is 0. The molecule has 2 aromatic carbocycles.